The Hall–Kier alpha value is -0.220. The first-order valence-electron chi connectivity index (χ1n) is 5.77. The maximum absolute atomic E-state index is 11.3. The number of unbranched alkanes of at least 4 members (excludes halogenated alkanes) is 1. The molecule has 3 nitrogen and oxygen atoms in total. The molecule has 4 heteroatoms. The first-order chi connectivity index (χ1) is 7.31. The molecule has 90 valence electrons. The van der Waals surface area contributed by atoms with Gasteiger partial charge >= 0.3 is 0 Å². The Labute approximate surface area is 97.8 Å². The highest BCUT2D eigenvalue weighted by molar-refractivity contribution is 7.98. The van der Waals surface area contributed by atoms with Gasteiger partial charge in [0.05, 0.1) is 0 Å². The van der Waals surface area contributed by atoms with E-state index in [1.165, 1.54) is 0 Å². The number of hydrogen-bond donors (Lipinski definition) is 2. The molecule has 0 aliphatic heterocycles. The van der Waals surface area contributed by atoms with Crippen molar-refractivity contribution in [2.24, 2.45) is 0 Å². The Kier molecular flexibility index (Phi) is 11.7. The second-order valence-corrected chi connectivity index (χ2v) is 4.54. The molecule has 1 amide bonds. The molecule has 0 rings (SSSR count). The number of carbonyl (C=O) groups excluding carboxylic acids is 1. The van der Waals surface area contributed by atoms with Crippen LogP contribution in [0.3, 0.4) is 0 Å². The number of rotatable bonds is 10. The van der Waals surface area contributed by atoms with Gasteiger partial charge in [0, 0.05) is 19.5 Å². The minimum Gasteiger partial charge on any atom is -0.355 e. The smallest absolute Gasteiger partial charge is 0.220 e. The van der Waals surface area contributed by atoms with Crippen LogP contribution in [0.15, 0.2) is 0 Å². The van der Waals surface area contributed by atoms with Gasteiger partial charge in [-0.2, -0.15) is 11.8 Å². The number of hydrogen-bond acceptors (Lipinski definition) is 3. The average molecular weight is 232 g/mol. The zero-order chi connectivity index (χ0) is 11.4. The van der Waals surface area contributed by atoms with Crippen molar-refractivity contribution in [3.8, 4) is 0 Å². The highest BCUT2D eigenvalue weighted by Crippen LogP contribution is 2.01. The molecule has 0 aromatic carbocycles. The maximum atomic E-state index is 11.3. The van der Waals surface area contributed by atoms with Gasteiger partial charge in [-0.3, -0.25) is 4.79 Å². The van der Waals surface area contributed by atoms with Crippen molar-refractivity contribution >= 4 is 17.7 Å². The number of nitrogens with one attached hydrogen (secondary N) is 2. The Bertz CT molecular complexity index is 154. The van der Waals surface area contributed by atoms with Gasteiger partial charge in [0.1, 0.15) is 0 Å². The van der Waals surface area contributed by atoms with E-state index in [0.29, 0.717) is 6.42 Å². The summed E-state index contributed by atoms with van der Waals surface area (Å²) in [5.41, 5.74) is 0. The van der Waals surface area contributed by atoms with Crippen LogP contribution in [-0.2, 0) is 4.79 Å². The summed E-state index contributed by atoms with van der Waals surface area (Å²) in [4.78, 5) is 11.3. The van der Waals surface area contributed by atoms with Gasteiger partial charge in [-0.1, -0.05) is 6.92 Å². The van der Waals surface area contributed by atoms with Gasteiger partial charge in [0.15, 0.2) is 0 Å². The highest BCUT2D eigenvalue weighted by Gasteiger charge is 1.99. The van der Waals surface area contributed by atoms with Crippen LogP contribution in [0.4, 0.5) is 0 Å². The van der Waals surface area contributed by atoms with Gasteiger partial charge < -0.3 is 10.6 Å². The van der Waals surface area contributed by atoms with Crippen LogP contribution >= 0.6 is 11.8 Å². The van der Waals surface area contributed by atoms with Crippen LogP contribution in [0.25, 0.3) is 0 Å². The van der Waals surface area contributed by atoms with E-state index < -0.39 is 0 Å². The Morgan fingerprint density at radius 3 is 2.67 bits per heavy atom. The summed E-state index contributed by atoms with van der Waals surface area (Å²) in [6.45, 7) is 4.80. The molecule has 0 heterocycles. The molecule has 0 atom stereocenters. The van der Waals surface area contributed by atoms with Gasteiger partial charge in [0.25, 0.3) is 0 Å². The lowest BCUT2D eigenvalue weighted by Crippen LogP contribution is -2.31. The van der Waals surface area contributed by atoms with E-state index in [1.807, 2.05) is 11.8 Å². The van der Waals surface area contributed by atoms with Gasteiger partial charge in [-0.25, -0.2) is 0 Å². The molecular formula is C11H24N2OS. The van der Waals surface area contributed by atoms with Crippen molar-refractivity contribution in [3.05, 3.63) is 0 Å². The number of amides is 1. The van der Waals surface area contributed by atoms with E-state index in [2.05, 4.69) is 23.8 Å². The second kappa shape index (κ2) is 11.9. The van der Waals surface area contributed by atoms with Crippen molar-refractivity contribution in [3.63, 3.8) is 0 Å². The lowest BCUT2D eigenvalue weighted by molar-refractivity contribution is -0.121. The zero-order valence-electron chi connectivity index (χ0n) is 9.97. The molecule has 15 heavy (non-hydrogen) atoms. The van der Waals surface area contributed by atoms with Crippen LogP contribution in [0.2, 0.25) is 0 Å². The standard InChI is InChI=1S/C11H24N2OS/c1-3-7-12-8-9-13-11(14)6-4-5-10-15-2/h12H,3-10H2,1-2H3,(H,13,14). The lowest BCUT2D eigenvalue weighted by Gasteiger charge is -2.05. The fourth-order valence-electron chi connectivity index (χ4n) is 1.21. The Morgan fingerprint density at radius 1 is 1.20 bits per heavy atom. The van der Waals surface area contributed by atoms with Crippen molar-refractivity contribution < 1.29 is 4.79 Å². The molecule has 0 unspecified atom stereocenters. The second-order valence-electron chi connectivity index (χ2n) is 3.55. The largest absolute Gasteiger partial charge is 0.355 e. The molecule has 0 aliphatic carbocycles. The highest BCUT2D eigenvalue weighted by atomic mass is 32.2. The van der Waals surface area contributed by atoms with Crippen LogP contribution < -0.4 is 10.6 Å². The minimum atomic E-state index is 0.189. The van der Waals surface area contributed by atoms with E-state index in [4.69, 9.17) is 0 Å². The molecule has 0 aromatic heterocycles. The fraction of sp³-hybridized carbons (Fsp3) is 0.909. The van der Waals surface area contributed by atoms with E-state index in [0.717, 1.165) is 44.6 Å². The quantitative estimate of drug-likeness (QED) is 0.563. The summed E-state index contributed by atoms with van der Waals surface area (Å²) in [6, 6.07) is 0. The third-order valence-electron chi connectivity index (χ3n) is 2.05. The molecule has 0 aliphatic rings. The van der Waals surface area contributed by atoms with Crippen molar-refractivity contribution in [2.45, 2.75) is 32.6 Å². The summed E-state index contributed by atoms with van der Waals surface area (Å²) < 4.78 is 0. The maximum Gasteiger partial charge on any atom is 0.220 e. The fourth-order valence-corrected chi connectivity index (χ4v) is 1.71. The average Bonchev–Trinajstić information content (AvgIpc) is 2.24. The monoisotopic (exact) mass is 232 g/mol. The van der Waals surface area contributed by atoms with Gasteiger partial charge in [-0.15, -0.1) is 0 Å². The summed E-state index contributed by atoms with van der Waals surface area (Å²) >= 11 is 1.84. The summed E-state index contributed by atoms with van der Waals surface area (Å²) in [5, 5.41) is 6.16. The van der Waals surface area contributed by atoms with E-state index >= 15 is 0 Å². The molecular weight excluding hydrogens is 208 g/mol. The van der Waals surface area contributed by atoms with Crippen molar-refractivity contribution in [1.82, 2.24) is 10.6 Å². The summed E-state index contributed by atoms with van der Waals surface area (Å²) in [5.74, 6) is 1.35. The number of thioether (sulfide) groups is 1. The van der Waals surface area contributed by atoms with Crippen LogP contribution in [0, 0.1) is 0 Å². The van der Waals surface area contributed by atoms with Crippen molar-refractivity contribution in [2.75, 3.05) is 31.6 Å². The third-order valence-corrected chi connectivity index (χ3v) is 2.75. The van der Waals surface area contributed by atoms with Crippen LogP contribution in [-0.4, -0.2) is 37.6 Å². The predicted molar refractivity (Wildman–Crippen MR) is 68.4 cm³/mol. The topological polar surface area (TPSA) is 41.1 Å². The van der Waals surface area contributed by atoms with Gasteiger partial charge in [-0.05, 0) is 37.8 Å². The first kappa shape index (κ1) is 14.8. The molecule has 0 saturated heterocycles. The molecule has 0 spiro atoms. The molecule has 0 bridgehead atoms. The van der Waals surface area contributed by atoms with Crippen LogP contribution in [0.1, 0.15) is 32.6 Å². The Morgan fingerprint density at radius 2 is 2.00 bits per heavy atom. The van der Waals surface area contributed by atoms with Crippen molar-refractivity contribution in [1.29, 1.82) is 0 Å². The summed E-state index contributed by atoms with van der Waals surface area (Å²) in [6.07, 6.45) is 6.06. The molecule has 0 radical (unpaired) electrons. The lowest BCUT2D eigenvalue weighted by atomic mass is 10.2. The molecule has 0 fully saturated rings. The molecule has 0 saturated carbocycles. The normalized spacial score (nSPS) is 10.3. The minimum absolute atomic E-state index is 0.189. The van der Waals surface area contributed by atoms with E-state index in [9.17, 15) is 4.79 Å². The zero-order valence-corrected chi connectivity index (χ0v) is 10.8. The Balaban J connectivity index is 3.11. The summed E-state index contributed by atoms with van der Waals surface area (Å²) in [7, 11) is 0. The molecule has 2 N–H and O–H groups in total. The van der Waals surface area contributed by atoms with E-state index in [-0.39, 0.29) is 5.91 Å². The predicted octanol–water partition coefficient (Wildman–Crippen LogP) is 1.64. The van der Waals surface area contributed by atoms with Crippen LogP contribution in [0.5, 0.6) is 0 Å². The molecule has 0 aromatic rings. The first-order valence-corrected chi connectivity index (χ1v) is 7.17. The number of carbonyl (C=O) groups is 1. The van der Waals surface area contributed by atoms with Gasteiger partial charge in [0.2, 0.25) is 5.91 Å². The SMILES string of the molecule is CCCNCCNC(=O)CCCCSC. The third kappa shape index (κ3) is 11.7. The van der Waals surface area contributed by atoms with E-state index in [1.54, 1.807) is 0 Å².